The fourth-order valence-electron chi connectivity index (χ4n) is 1.79. The summed E-state index contributed by atoms with van der Waals surface area (Å²) in [4.78, 5) is 0. The minimum absolute atomic E-state index is 0.0934. The maximum absolute atomic E-state index is 13.5. The summed E-state index contributed by atoms with van der Waals surface area (Å²) in [5, 5.41) is 0. The fraction of sp³-hybridized carbons (Fsp3) is 0.571. The molecule has 0 saturated carbocycles. The summed E-state index contributed by atoms with van der Waals surface area (Å²) in [6.45, 7) is 5.17. The minimum Gasteiger partial charge on any atom is -0.397 e. The van der Waals surface area contributed by atoms with Gasteiger partial charge in [-0.3, -0.25) is 0 Å². The van der Waals surface area contributed by atoms with Crippen LogP contribution in [-0.4, -0.2) is 22.5 Å². The van der Waals surface area contributed by atoms with Crippen LogP contribution in [0.25, 0.3) is 0 Å². The van der Waals surface area contributed by atoms with Crippen molar-refractivity contribution in [2.75, 3.05) is 13.2 Å². The molecule has 0 aliphatic heterocycles. The molecule has 114 valence electrons. The van der Waals surface area contributed by atoms with Gasteiger partial charge in [-0.1, -0.05) is 13.8 Å². The van der Waals surface area contributed by atoms with Gasteiger partial charge < -0.3 is 8.85 Å². The molecule has 2 nitrogen and oxygen atoms in total. The van der Waals surface area contributed by atoms with Crippen molar-refractivity contribution in [3.8, 4) is 0 Å². The van der Waals surface area contributed by atoms with Gasteiger partial charge >= 0.3 is 9.28 Å². The summed E-state index contributed by atoms with van der Waals surface area (Å²) in [5.41, 5.74) is -0.0934. The molecule has 0 radical (unpaired) electrons. The summed E-state index contributed by atoms with van der Waals surface area (Å²) in [5.74, 6) is -2.59. The Kier molecular flexibility index (Phi) is 7.87. The molecule has 1 aromatic rings. The molecule has 0 bridgehead atoms. The zero-order valence-electron chi connectivity index (χ0n) is 11.9. The normalized spacial score (nSPS) is 11.3. The number of rotatable bonds is 9. The molecule has 0 spiro atoms. The average Bonchev–Trinajstić information content (AvgIpc) is 2.39. The second-order valence-electron chi connectivity index (χ2n) is 4.56. The van der Waals surface area contributed by atoms with Crippen LogP contribution in [0, 0.1) is 17.5 Å². The summed E-state index contributed by atoms with van der Waals surface area (Å²) < 4.78 is 51.1. The second-order valence-corrected chi connectivity index (χ2v) is 6.66. The molecule has 0 aliphatic rings. The quantitative estimate of drug-likeness (QED) is 0.647. The minimum atomic E-state index is -1.92. The van der Waals surface area contributed by atoms with Crippen LogP contribution in [0.5, 0.6) is 0 Å². The predicted molar refractivity (Wildman–Crippen MR) is 74.5 cm³/mol. The van der Waals surface area contributed by atoms with E-state index in [4.69, 9.17) is 8.85 Å². The van der Waals surface area contributed by atoms with E-state index in [0.29, 0.717) is 31.4 Å². The summed E-state index contributed by atoms with van der Waals surface area (Å²) in [7, 11) is -1.92. The Hall–Kier alpha value is -0.853. The fourth-order valence-corrected chi connectivity index (χ4v) is 3.74. The molecule has 0 saturated heterocycles. The van der Waals surface area contributed by atoms with Gasteiger partial charge in [0.25, 0.3) is 0 Å². The van der Waals surface area contributed by atoms with Crippen molar-refractivity contribution in [2.45, 2.75) is 39.2 Å². The van der Waals surface area contributed by atoms with E-state index in [-0.39, 0.29) is 12.0 Å². The highest BCUT2D eigenvalue weighted by atomic mass is 28.3. The number of halogens is 3. The van der Waals surface area contributed by atoms with E-state index in [1.54, 1.807) is 0 Å². The maximum Gasteiger partial charge on any atom is 0.321 e. The van der Waals surface area contributed by atoms with Crippen molar-refractivity contribution in [1.29, 1.82) is 0 Å². The van der Waals surface area contributed by atoms with Gasteiger partial charge in [-0.15, -0.1) is 0 Å². The van der Waals surface area contributed by atoms with Gasteiger partial charge in [0.2, 0.25) is 0 Å². The van der Waals surface area contributed by atoms with Gasteiger partial charge in [0.15, 0.2) is 0 Å². The zero-order valence-corrected chi connectivity index (χ0v) is 13.1. The Labute approximate surface area is 119 Å². The number of benzene rings is 1. The largest absolute Gasteiger partial charge is 0.397 e. The standard InChI is InChI=1S/C14H21F3O2Si/c1-3-6-18-20(19-7-4-2)8-5-12-13(16)9-11(15)10-14(12)17/h9-10,20H,3-8H2,1-2H3. The Morgan fingerprint density at radius 3 is 1.90 bits per heavy atom. The lowest BCUT2D eigenvalue weighted by Crippen LogP contribution is -2.24. The highest BCUT2D eigenvalue weighted by Crippen LogP contribution is 2.18. The van der Waals surface area contributed by atoms with Gasteiger partial charge in [0.1, 0.15) is 17.5 Å². The molecule has 0 amide bonds. The van der Waals surface area contributed by atoms with E-state index in [1.165, 1.54) is 0 Å². The molecule has 0 aliphatic carbocycles. The van der Waals surface area contributed by atoms with Crippen LogP contribution in [0.3, 0.4) is 0 Å². The Balaban J connectivity index is 2.61. The van der Waals surface area contributed by atoms with Crippen molar-refractivity contribution >= 4 is 9.28 Å². The van der Waals surface area contributed by atoms with E-state index >= 15 is 0 Å². The molecule has 0 aromatic heterocycles. The molecule has 6 heteroatoms. The molecule has 0 unspecified atom stereocenters. The lowest BCUT2D eigenvalue weighted by Gasteiger charge is -2.16. The lowest BCUT2D eigenvalue weighted by atomic mass is 10.1. The van der Waals surface area contributed by atoms with E-state index in [0.717, 1.165) is 12.8 Å². The third-order valence-corrected chi connectivity index (χ3v) is 4.73. The summed E-state index contributed by atoms with van der Waals surface area (Å²) in [6.07, 6.45) is 1.92. The highest BCUT2D eigenvalue weighted by molar-refractivity contribution is 6.44. The first-order valence-electron chi connectivity index (χ1n) is 6.95. The first kappa shape index (κ1) is 17.2. The SMILES string of the molecule is CCCO[SiH](CCc1c(F)cc(F)cc1F)OCCC. The average molecular weight is 306 g/mol. The van der Waals surface area contributed by atoms with Crippen LogP contribution >= 0.6 is 0 Å². The maximum atomic E-state index is 13.5. The molecular formula is C14H21F3O2Si. The van der Waals surface area contributed by atoms with E-state index in [1.807, 2.05) is 13.8 Å². The molecule has 0 heterocycles. The Morgan fingerprint density at radius 1 is 0.950 bits per heavy atom. The van der Waals surface area contributed by atoms with Crippen molar-refractivity contribution < 1.29 is 22.0 Å². The van der Waals surface area contributed by atoms with Crippen LogP contribution in [0.15, 0.2) is 12.1 Å². The molecule has 1 rings (SSSR count). The Bertz CT molecular complexity index is 384. The first-order chi connectivity index (χ1) is 9.58. The van der Waals surface area contributed by atoms with Crippen LogP contribution < -0.4 is 0 Å². The zero-order chi connectivity index (χ0) is 15.0. The van der Waals surface area contributed by atoms with E-state index in [2.05, 4.69) is 0 Å². The van der Waals surface area contributed by atoms with Gasteiger partial charge in [0.05, 0.1) is 0 Å². The first-order valence-corrected chi connectivity index (χ1v) is 8.71. The molecule has 1 aromatic carbocycles. The molecule has 20 heavy (non-hydrogen) atoms. The summed E-state index contributed by atoms with van der Waals surface area (Å²) in [6, 6.07) is 1.88. The van der Waals surface area contributed by atoms with Gasteiger partial charge in [-0.05, 0) is 25.3 Å². The van der Waals surface area contributed by atoms with Crippen molar-refractivity contribution in [3.63, 3.8) is 0 Å². The van der Waals surface area contributed by atoms with Crippen LogP contribution in [0.2, 0.25) is 6.04 Å². The van der Waals surface area contributed by atoms with Gasteiger partial charge in [0, 0.05) is 30.9 Å². The van der Waals surface area contributed by atoms with Gasteiger partial charge in [-0.25, -0.2) is 13.2 Å². The van der Waals surface area contributed by atoms with Crippen LogP contribution in [0.4, 0.5) is 13.2 Å². The van der Waals surface area contributed by atoms with E-state index in [9.17, 15) is 13.2 Å². The van der Waals surface area contributed by atoms with Crippen molar-refractivity contribution in [3.05, 3.63) is 35.1 Å². The van der Waals surface area contributed by atoms with Crippen LogP contribution in [0.1, 0.15) is 32.3 Å². The molecule has 0 fully saturated rings. The molecular weight excluding hydrogens is 285 g/mol. The molecule has 0 atom stereocenters. The van der Waals surface area contributed by atoms with Crippen molar-refractivity contribution in [1.82, 2.24) is 0 Å². The Morgan fingerprint density at radius 2 is 1.45 bits per heavy atom. The molecule has 0 N–H and O–H groups in total. The third kappa shape index (κ3) is 5.64. The van der Waals surface area contributed by atoms with Gasteiger partial charge in [-0.2, -0.15) is 0 Å². The second kappa shape index (κ2) is 9.15. The van der Waals surface area contributed by atoms with Crippen LogP contribution in [-0.2, 0) is 15.3 Å². The van der Waals surface area contributed by atoms with E-state index < -0.39 is 26.7 Å². The number of hydrogen-bond acceptors (Lipinski definition) is 2. The monoisotopic (exact) mass is 306 g/mol. The van der Waals surface area contributed by atoms with Crippen molar-refractivity contribution in [2.24, 2.45) is 0 Å². The highest BCUT2D eigenvalue weighted by Gasteiger charge is 2.17. The topological polar surface area (TPSA) is 18.5 Å². The predicted octanol–water partition coefficient (Wildman–Crippen LogP) is 3.72. The lowest BCUT2D eigenvalue weighted by molar-refractivity contribution is 0.196. The summed E-state index contributed by atoms with van der Waals surface area (Å²) >= 11 is 0. The third-order valence-electron chi connectivity index (χ3n) is 2.75. The number of hydrogen-bond donors (Lipinski definition) is 0. The smallest absolute Gasteiger partial charge is 0.321 e.